The maximum atomic E-state index is 14.1. The minimum absolute atomic E-state index is 0.0822. The van der Waals surface area contributed by atoms with Gasteiger partial charge in [-0.1, -0.05) is 17.7 Å². The molecular weight excluding hydrogens is 441 g/mol. The Labute approximate surface area is 187 Å². The maximum absolute atomic E-state index is 14.1. The number of rotatable bonds is 4. The van der Waals surface area contributed by atoms with Gasteiger partial charge < -0.3 is 10.2 Å². The highest BCUT2D eigenvalue weighted by atomic mass is 35.5. The van der Waals surface area contributed by atoms with Crippen LogP contribution in [-0.4, -0.2) is 44.6 Å². The molecule has 2 aromatic heterocycles. The summed E-state index contributed by atoms with van der Waals surface area (Å²) in [6.07, 6.45) is 1.38. The third kappa shape index (κ3) is 4.47. The number of hydrogen-bond donors (Lipinski definition) is 1. The molecule has 3 aromatic rings. The standard InChI is InChI=1S/C21H21ClFN5O2S/c1-12-10-17(27(2)26-12)25-19(29)16-11-31-20(24-16)13-6-8-28(9-7-13)21(30)18-14(22)4-3-5-15(18)23/h3-5,10-11,13H,6-9H2,1-2H3,(H,25,29). The third-order valence-electron chi connectivity index (χ3n) is 5.31. The van der Waals surface area contributed by atoms with Crippen LogP contribution in [0.3, 0.4) is 0 Å². The highest BCUT2D eigenvalue weighted by molar-refractivity contribution is 7.10. The van der Waals surface area contributed by atoms with E-state index in [9.17, 15) is 14.0 Å². The number of amides is 2. The molecule has 0 aliphatic carbocycles. The zero-order chi connectivity index (χ0) is 22.1. The van der Waals surface area contributed by atoms with Crippen molar-refractivity contribution in [1.82, 2.24) is 19.7 Å². The van der Waals surface area contributed by atoms with Crippen molar-refractivity contribution in [3.63, 3.8) is 0 Å². The summed E-state index contributed by atoms with van der Waals surface area (Å²) in [6.45, 7) is 2.81. The van der Waals surface area contributed by atoms with Gasteiger partial charge in [0.25, 0.3) is 11.8 Å². The van der Waals surface area contributed by atoms with Crippen LogP contribution in [0.2, 0.25) is 5.02 Å². The number of hydrogen-bond acceptors (Lipinski definition) is 5. The molecule has 0 saturated carbocycles. The Balaban J connectivity index is 1.38. The Morgan fingerprint density at radius 2 is 2.03 bits per heavy atom. The minimum atomic E-state index is -0.612. The van der Waals surface area contributed by atoms with E-state index in [-0.39, 0.29) is 22.4 Å². The molecule has 0 bridgehead atoms. The van der Waals surface area contributed by atoms with E-state index in [1.165, 1.54) is 29.5 Å². The molecule has 4 rings (SSSR count). The zero-order valence-electron chi connectivity index (χ0n) is 17.1. The van der Waals surface area contributed by atoms with Crippen LogP contribution in [-0.2, 0) is 7.05 Å². The lowest BCUT2D eigenvalue weighted by atomic mass is 9.97. The summed E-state index contributed by atoms with van der Waals surface area (Å²) in [5.74, 6) is -0.542. The summed E-state index contributed by atoms with van der Waals surface area (Å²) in [6, 6.07) is 6.02. The van der Waals surface area contributed by atoms with E-state index in [0.29, 0.717) is 37.4 Å². The maximum Gasteiger partial charge on any atom is 0.276 e. The van der Waals surface area contributed by atoms with Crippen molar-refractivity contribution < 1.29 is 14.0 Å². The van der Waals surface area contributed by atoms with Gasteiger partial charge in [-0.25, -0.2) is 9.37 Å². The van der Waals surface area contributed by atoms with Crippen LogP contribution in [0.5, 0.6) is 0 Å². The molecule has 0 unspecified atom stereocenters. The summed E-state index contributed by atoms with van der Waals surface area (Å²) in [4.78, 5) is 31.4. The van der Waals surface area contributed by atoms with E-state index < -0.39 is 11.7 Å². The number of benzene rings is 1. The lowest BCUT2D eigenvalue weighted by molar-refractivity contribution is 0.0708. The van der Waals surface area contributed by atoms with Gasteiger partial charge in [0.05, 0.1) is 21.3 Å². The van der Waals surface area contributed by atoms with Crippen molar-refractivity contribution in [3.05, 3.63) is 62.4 Å². The number of thiazole rings is 1. The number of nitrogens with zero attached hydrogens (tertiary/aromatic N) is 4. The largest absolute Gasteiger partial charge is 0.338 e. The molecule has 0 radical (unpaired) electrons. The van der Waals surface area contributed by atoms with Crippen LogP contribution in [0.4, 0.5) is 10.2 Å². The van der Waals surface area contributed by atoms with E-state index in [1.807, 2.05) is 6.92 Å². The number of aromatic nitrogens is 3. The monoisotopic (exact) mass is 461 g/mol. The van der Waals surface area contributed by atoms with Crippen LogP contribution in [0.1, 0.15) is 50.3 Å². The number of likely N-dealkylation sites (tertiary alicyclic amines) is 1. The molecule has 1 aliphatic rings. The minimum Gasteiger partial charge on any atom is -0.338 e. The van der Waals surface area contributed by atoms with Gasteiger partial charge in [0.1, 0.15) is 17.3 Å². The summed E-state index contributed by atoms with van der Waals surface area (Å²) in [5.41, 5.74) is 1.09. The van der Waals surface area contributed by atoms with Crippen LogP contribution in [0, 0.1) is 12.7 Å². The summed E-state index contributed by atoms with van der Waals surface area (Å²) in [7, 11) is 1.76. The zero-order valence-corrected chi connectivity index (χ0v) is 18.6. The molecule has 0 atom stereocenters. The molecular formula is C21H21ClFN5O2S. The summed E-state index contributed by atoms with van der Waals surface area (Å²) in [5, 5.41) is 9.75. The lowest BCUT2D eigenvalue weighted by Gasteiger charge is -2.31. The van der Waals surface area contributed by atoms with Gasteiger partial charge in [0, 0.05) is 37.5 Å². The second kappa shape index (κ2) is 8.76. The number of carbonyl (C=O) groups excluding carboxylic acids is 2. The molecule has 10 heteroatoms. The van der Waals surface area contributed by atoms with Gasteiger partial charge in [-0.15, -0.1) is 11.3 Å². The van der Waals surface area contributed by atoms with Crippen LogP contribution >= 0.6 is 22.9 Å². The average molecular weight is 462 g/mol. The van der Waals surface area contributed by atoms with Crippen LogP contribution in [0.25, 0.3) is 0 Å². The molecule has 162 valence electrons. The average Bonchev–Trinajstić information content (AvgIpc) is 3.34. The van der Waals surface area contributed by atoms with Crippen molar-refractivity contribution in [2.24, 2.45) is 7.05 Å². The number of aryl methyl sites for hydroxylation is 2. The SMILES string of the molecule is Cc1cc(NC(=O)c2csc(C3CCN(C(=O)c4c(F)cccc4Cl)CC3)n2)n(C)n1. The van der Waals surface area contributed by atoms with E-state index in [1.54, 1.807) is 28.1 Å². The Kier molecular flexibility index (Phi) is 6.06. The van der Waals surface area contributed by atoms with Gasteiger partial charge in [0.2, 0.25) is 0 Å². The number of anilines is 1. The third-order valence-corrected chi connectivity index (χ3v) is 6.63. The Bertz CT molecular complexity index is 1120. The molecule has 1 fully saturated rings. The predicted octanol–water partition coefficient (Wildman–Crippen LogP) is 4.25. The molecule has 0 spiro atoms. The molecule has 1 saturated heterocycles. The van der Waals surface area contributed by atoms with Gasteiger partial charge >= 0.3 is 0 Å². The van der Waals surface area contributed by atoms with E-state index >= 15 is 0 Å². The van der Waals surface area contributed by atoms with Crippen LogP contribution in [0.15, 0.2) is 29.6 Å². The van der Waals surface area contributed by atoms with Crippen molar-refractivity contribution in [3.8, 4) is 0 Å². The number of halogens is 2. The van der Waals surface area contributed by atoms with E-state index in [0.717, 1.165) is 10.7 Å². The predicted molar refractivity (Wildman–Crippen MR) is 117 cm³/mol. The molecule has 2 amide bonds. The normalized spacial score (nSPS) is 14.6. The van der Waals surface area contributed by atoms with E-state index in [2.05, 4.69) is 15.4 Å². The Hall–Kier alpha value is -2.78. The quantitative estimate of drug-likeness (QED) is 0.629. The highest BCUT2D eigenvalue weighted by Crippen LogP contribution is 2.32. The summed E-state index contributed by atoms with van der Waals surface area (Å²) < 4.78 is 15.7. The molecule has 3 heterocycles. The first-order valence-electron chi connectivity index (χ1n) is 9.84. The molecule has 1 N–H and O–H groups in total. The fraction of sp³-hybridized carbons (Fsp3) is 0.333. The van der Waals surface area contributed by atoms with Gasteiger partial charge in [-0.05, 0) is 31.9 Å². The second-order valence-electron chi connectivity index (χ2n) is 7.48. The summed E-state index contributed by atoms with van der Waals surface area (Å²) >= 11 is 7.47. The number of nitrogens with one attached hydrogen (secondary N) is 1. The molecule has 7 nitrogen and oxygen atoms in total. The second-order valence-corrected chi connectivity index (χ2v) is 8.78. The molecule has 31 heavy (non-hydrogen) atoms. The van der Waals surface area contributed by atoms with Gasteiger partial charge in [-0.2, -0.15) is 5.10 Å². The Morgan fingerprint density at radius 1 is 1.29 bits per heavy atom. The van der Waals surface area contributed by atoms with Crippen molar-refractivity contribution >= 4 is 40.6 Å². The molecule has 1 aromatic carbocycles. The number of piperidine rings is 1. The molecule has 1 aliphatic heterocycles. The van der Waals surface area contributed by atoms with Gasteiger partial charge in [-0.3, -0.25) is 14.3 Å². The van der Waals surface area contributed by atoms with Crippen molar-refractivity contribution in [2.75, 3.05) is 18.4 Å². The van der Waals surface area contributed by atoms with Gasteiger partial charge in [0.15, 0.2) is 0 Å². The van der Waals surface area contributed by atoms with Crippen molar-refractivity contribution in [2.45, 2.75) is 25.7 Å². The first-order valence-corrected chi connectivity index (χ1v) is 11.1. The highest BCUT2D eigenvalue weighted by Gasteiger charge is 2.29. The first kappa shape index (κ1) is 21.5. The fourth-order valence-corrected chi connectivity index (χ4v) is 4.89. The fourth-order valence-electron chi connectivity index (χ4n) is 3.68. The Morgan fingerprint density at radius 3 is 2.68 bits per heavy atom. The van der Waals surface area contributed by atoms with E-state index in [4.69, 9.17) is 11.6 Å². The number of carbonyl (C=O) groups is 2. The smallest absolute Gasteiger partial charge is 0.276 e. The lowest BCUT2D eigenvalue weighted by Crippen LogP contribution is -2.38. The topological polar surface area (TPSA) is 80.1 Å². The first-order chi connectivity index (χ1) is 14.8. The van der Waals surface area contributed by atoms with Crippen LogP contribution < -0.4 is 5.32 Å². The van der Waals surface area contributed by atoms with Crippen molar-refractivity contribution in [1.29, 1.82) is 0 Å².